The van der Waals surface area contributed by atoms with Crippen LogP contribution in [0.25, 0.3) is 0 Å². The maximum atomic E-state index is 5.76. The second kappa shape index (κ2) is 5.17. The van der Waals surface area contributed by atoms with Gasteiger partial charge >= 0.3 is 6.01 Å². The summed E-state index contributed by atoms with van der Waals surface area (Å²) in [7, 11) is 1.65. The van der Waals surface area contributed by atoms with Crippen LogP contribution in [0.3, 0.4) is 0 Å². The number of ether oxygens (including phenoxy) is 1. The molecule has 0 saturated carbocycles. The van der Waals surface area contributed by atoms with Crippen molar-refractivity contribution in [2.24, 2.45) is 0 Å². The zero-order valence-corrected chi connectivity index (χ0v) is 9.21. The number of nitrogens with zero attached hydrogens (tertiary/aromatic N) is 2. The average Bonchev–Trinajstić information content (AvgIpc) is 2.62. The highest BCUT2D eigenvalue weighted by molar-refractivity contribution is 6.20. The summed E-state index contributed by atoms with van der Waals surface area (Å²) in [5.74, 6) is 0.416. The van der Waals surface area contributed by atoms with E-state index in [0.29, 0.717) is 18.5 Å². The van der Waals surface area contributed by atoms with Crippen LogP contribution >= 0.6 is 11.6 Å². The van der Waals surface area contributed by atoms with Gasteiger partial charge in [0.2, 0.25) is 5.89 Å². The normalized spacial score (nSPS) is 15.1. The van der Waals surface area contributed by atoms with E-state index in [9.17, 15) is 0 Å². The molecule has 1 aromatic heterocycles. The predicted octanol–water partition coefficient (Wildman–Crippen LogP) is 1.82. The largest absolute Gasteiger partial charge is 0.407 e. The minimum absolute atomic E-state index is 0.0961. The summed E-state index contributed by atoms with van der Waals surface area (Å²) in [6, 6.07) is 0.372. The Morgan fingerprint density at radius 1 is 1.50 bits per heavy atom. The Balaban J connectivity index is 2.44. The van der Waals surface area contributed by atoms with E-state index in [1.165, 1.54) is 0 Å². The molecule has 14 heavy (non-hydrogen) atoms. The van der Waals surface area contributed by atoms with Gasteiger partial charge in [0.1, 0.15) is 5.38 Å². The Kier molecular flexibility index (Phi) is 4.16. The van der Waals surface area contributed by atoms with Crippen molar-refractivity contribution in [3.05, 3.63) is 5.89 Å². The molecule has 6 heteroatoms. The fraction of sp³-hybridized carbons (Fsp3) is 0.750. The van der Waals surface area contributed by atoms with Gasteiger partial charge in [-0.1, -0.05) is 5.10 Å². The molecule has 0 aliphatic rings. The summed E-state index contributed by atoms with van der Waals surface area (Å²) in [6.45, 7) is 4.33. The maximum absolute atomic E-state index is 5.76. The van der Waals surface area contributed by atoms with Crippen LogP contribution in [-0.4, -0.2) is 30.0 Å². The van der Waals surface area contributed by atoms with Crippen molar-refractivity contribution >= 4 is 17.6 Å². The lowest BCUT2D eigenvalue weighted by molar-refractivity contribution is 0.128. The van der Waals surface area contributed by atoms with E-state index >= 15 is 0 Å². The average molecular weight is 220 g/mol. The van der Waals surface area contributed by atoms with Gasteiger partial charge in [0, 0.05) is 13.7 Å². The molecule has 0 fully saturated rings. The first-order valence-electron chi connectivity index (χ1n) is 4.37. The minimum Gasteiger partial charge on any atom is -0.407 e. The van der Waals surface area contributed by atoms with Crippen LogP contribution in [0.15, 0.2) is 4.42 Å². The molecule has 2 unspecified atom stereocenters. The smallest absolute Gasteiger partial charge is 0.315 e. The van der Waals surface area contributed by atoms with Gasteiger partial charge in [-0.05, 0) is 13.8 Å². The van der Waals surface area contributed by atoms with E-state index in [1.807, 2.05) is 6.92 Å². The van der Waals surface area contributed by atoms with Gasteiger partial charge in [-0.25, -0.2) is 0 Å². The molecule has 80 valence electrons. The number of rotatable bonds is 5. The van der Waals surface area contributed by atoms with Crippen molar-refractivity contribution in [2.45, 2.75) is 25.3 Å². The summed E-state index contributed by atoms with van der Waals surface area (Å²) in [6.07, 6.45) is 0.0961. The minimum atomic E-state index is -0.266. The zero-order chi connectivity index (χ0) is 10.6. The first-order chi connectivity index (χ1) is 6.63. The van der Waals surface area contributed by atoms with Crippen molar-refractivity contribution in [2.75, 3.05) is 19.0 Å². The molecule has 0 saturated heterocycles. The van der Waals surface area contributed by atoms with E-state index in [2.05, 4.69) is 15.5 Å². The fourth-order valence-electron chi connectivity index (χ4n) is 0.781. The van der Waals surface area contributed by atoms with E-state index in [-0.39, 0.29) is 11.5 Å². The van der Waals surface area contributed by atoms with Crippen molar-refractivity contribution in [3.8, 4) is 0 Å². The van der Waals surface area contributed by atoms with Crippen molar-refractivity contribution in [1.82, 2.24) is 10.2 Å². The molecule has 1 N–H and O–H groups in total. The number of methoxy groups -OCH3 is 1. The first kappa shape index (κ1) is 11.3. The summed E-state index contributed by atoms with van der Waals surface area (Å²) in [4.78, 5) is 0. The Hall–Kier alpha value is -0.810. The quantitative estimate of drug-likeness (QED) is 0.766. The van der Waals surface area contributed by atoms with E-state index in [4.69, 9.17) is 20.8 Å². The molecule has 0 aromatic carbocycles. The van der Waals surface area contributed by atoms with Crippen LogP contribution in [-0.2, 0) is 4.74 Å². The molecule has 0 aliphatic heterocycles. The Morgan fingerprint density at radius 3 is 2.71 bits per heavy atom. The molecule has 2 atom stereocenters. The topological polar surface area (TPSA) is 60.2 Å². The second-order valence-corrected chi connectivity index (χ2v) is 3.64. The standard InChI is InChI=1S/C8H14ClN3O2/c1-5(13-3)4-10-8-12-11-7(14-8)6(2)9/h5-6H,4H2,1-3H3,(H,10,12). The van der Waals surface area contributed by atoms with E-state index in [0.717, 1.165) is 0 Å². The molecular weight excluding hydrogens is 206 g/mol. The molecule has 0 aliphatic carbocycles. The third kappa shape index (κ3) is 3.16. The van der Waals surface area contributed by atoms with Gasteiger partial charge < -0.3 is 14.5 Å². The number of halogens is 1. The Morgan fingerprint density at radius 2 is 2.21 bits per heavy atom. The van der Waals surface area contributed by atoms with Crippen molar-refractivity contribution in [3.63, 3.8) is 0 Å². The first-order valence-corrected chi connectivity index (χ1v) is 4.81. The highest BCUT2D eigenvalue weighted by atomic mass is 35.5. The molecule has 0 spiro atoms. The van der Waals surface area contributed by atoms with Gasteiger partial charge in [0.05, 0.1) is 6.10 Å². The van der Waals surface area contributed by atoms with Gasteiger partial charge in [0.25, 0.3) is 0 Å². The number of alkyl halides is 1. The van der Waals surface area contributed by atoms with Gasteiger partial charge in [-0.3, -0.25) is 0 Å². The van der Waals surface area contributed by atoms with E-state index in [1.54, 1.807) is 14.0 Å². The zero-order valence-electron chi connectivity index (χ0n) is 8.45. The van der Waals surface area contributed by atoms with Crippen LogP contribution in [0.2, 0.25) is 0 Å². The third-order valence-corrected chi connectivity index (χ3v) is 1.91. The molecule has 0 bridgehead atoms. The Bertz CT molecular complexity index is 277. The van der Waals surface area contributed by atoms with Crippen LogP contribution < -0.4 is 5.32 Å². The number of aromatic nitrogens is 2. The molecule has 1 heterocycles. The van der Waals surface area contributed by atoms with Gasteiger partial charge in [0.15, 0.2) is 0 Å². The molecule has 1 aromatic rings. The van der Waals surface area contributed by atoms with Gasteiger partial charge in [-0.15, -0.1) is 16.7 Å². The van der Waals surface area contributed by atoms with Crippen molar-refractivity contribution < 1.29 is 9.15 Å². The number of hydrogen-bond donors (Lipinski definition) is 1. The predicted molar refractivity (Wildman–Crippen MR) is 53.5 cm³/mol. The molecular formula is C8H14ClN3O2. The summed E-state index contributed by atoms with van der Waals surface area (Å²) < 4.78 is 10.3. The molecule has 5 nitrogen and oxygen atoms in total. The third-order valence-electron chi connectivity index (χ3n) is 1.72. The summed E-state index contributed by atoms with van der Waals surface area (Å²) >= 11 is 5.76. The Labute approximate surface area is 87.8 Å². The van der Waals surface area contributed by atoms with Crippen LogP contribution in [0, 0.1) is 0 Å². The van der Waals surface area contributed by atoms with Gasteiger partial charge in [-0.2, -0.15) is 0 Å². The highest BCUT2D eigenvalue weighted by Gasteiger charge is 2.11. The summed E-state index contributed by atoms with van der Waals surface area (Å²) in [5, 5.41) is 10.2. The molecule has 1 rings (SSSR count). The highest BCUT2D eigenvalue weighted by Crippen LogP contribution is 2.18. The lowest BCUT2D eigenvalue weighted by Crippen LogP contribution is -2.18. The van der Waals surface area contributed by atoms with Crippen molar-refractivity contribution in [1.29, 1.82) is 0 Å². The van der Waals surface area contributed by atoms with Crippen LogP contribution in [0.4, 0.5) is 6.01 Å². The molecule has 0 radical (unpaired) electrons. The summed E-state index contributed by atoms with van der Waals surface area (Å²) in [5.41, 5.74) is 0. The van der Waals surface area contributed by atoms with Crippen LogP contribution in [0.1, 0.15) is 25.1 Å². The van der Waals surface area contributed by atoms with E-state index < -0.39 is 0 Å². The SMILES string of the molecule is COC(C)CNc1nnc(C(C)Cl)o1. The maximum Gasteiger partial charge on any atom is 0.315 e. The monoisotopic (exact) mass is 219 g/mol. The number of hydrogen-bond acceptors (Lipinski definition) is 5. The fourth-order valence-corrected chi connectivity index (χ4v) is 0.869. The lowest BCUT2D eigenvalue weighted by atomic mass is 10.4. The van der Waals surface area contributed by atoms with Crippen LogP contribution in [0.5, 0.6) is 0 Å². The number of anilines is 1. The molecule has 0 amide bonds. The lowest BCUT2D eigenvalue weighted by Gasteiger charge is -2.07. The number of nitrogens with one attached hydrogen (secondary N) is 1. The second-order valence-electron chi connectivity index (χ2n) is 2.99.